The van der Waals surface area contributed by atoms with E-state index in [1.807, 2.05) is 11.5 Å². The molecule has 18 heavy (non-hydrogen) atoms. The molecule has 2 aromatic rings. The van der Waals surface area contributed by atoms with Crippen molar-refractivity contribution in [1.29, 1.82) is 0 Å². The van der Waals surface area contributed by atoms with Gasteiger partial charge in [0.1, 0.15) is 5.82 Å². The Bertz CT molecular complexity index is 599. The van der Waals surface area contributed by atoms with Crippen molar-refractivity contribution in [1.82, 2.24) is 9.55 Å². The molecule has 0 fully saturated rings. The molecule has 1 N–H and O–H groups in total. The minimum Gasteiger partial charge on any atom is -0.481 e. The van der Waals surface area contributed by atoms with Crippen molar-refractivity contribution in [3.63, 3.8) is 0 Å². The largest absolute Gasteiger partial charge is 0.481 e. The highest BCUT2D eigenvalue weighted by Crippen LogP contribution is 2.21. The molecule has 0 amide bonds. The summed E-state index contributed by atoms with van der Waals surface area (Å²) in [4.78, 5) is 15.3. The molecule has 0 saturated heterocycles. The molecule has 4 nitrogen and oxygen atoms in total. The Morgan fingerprint density at radius 2 is 2.00 bits per heavy atom. The molecule has 0 aliphatic heterocycles. The van der Waals surface area contributed by atoms with Crippen LogP contribution in [0.1, 0.15) is 30.3 Å². The number of hydrogen-bond acceptors (Lipinski definition) is 2. The zero-order valence-electron chi connectivity index (χ0n) is 11.0. The van der Waals surface area contributed by atoms with Crippen LogP contribution in [-0.2, 0) is 17.8 Å². The van der Waals surface area contributed by atoms with Gasteiger partial charge < -0.3 is 9.67 Å². The molecule has 4 heteroatoms. The molecule has 0 saturated carbocycles. The predicted octanol–water partition coefficient (Wildman–Crippen LogP) is 2.69. The number of aliphatic carboxylic acids is 1. The van der Waals surface area contributed by atoms with Gasteiger partial charge >= 0.3 is 5.97 Å². The fourth-order valence-corrected chi connectivity index (χ4v) is 2.16. The summed E-state index contributed by atoms with van der Waals surface area (Å²) < 4.78 is 2.02. The van der Waals surface area contributed by atoms with E-state index in [-0.39, 0.29) is 6.42 Å². The fourth-order valence-electron chi connectivity index (χ4n) is 2.16. The predicted molar refractivity (Wildman–Crippen MR) is 70.8 cm³/mol. The number of fused-ring (bicyclic) bond motifs is 1. The van der Waals surface area contributed by atoms with Crippen molar-refractivity contribution in [2.24, 2.45) is 0 Å². The number of carboxylic acids is 1. The summed E-state index contributed by atoms with van der Waals surface area (Å²) in [6, 6.07) is 4.17. The Labute approximate surface area is 106 Å². The average Bonchev–Trinajstić information content (AvgIpc) is 2.64. The van der Waals surface area contributed by atoms with Crippen LogP contribution < -0.4 is 0 Å². The molecular weight excluding hydrogens is 228 g/mol. The summed E-state index contributed by atoms with van der Waals surface area (Å²) in [5.41, 5.74) is 4.42. The number of benzene rings is 1. The topological polar surface area (TPSA) is 55.1 Å². The van der Waals surface area contributed by atoms with Crippen LogP contribution in [0.3, 0.4) is 0 Å². The molecule has 1 aromatic heterocycles. The number of carbonyl (C=O) groups is 1. The number of aromatic nitrogens is 2. The molecule has 1 aromatic carbocycles. The van der Waals surface area contributed by atoms with Gasteiger partial charge in [-0.3, -0.25) is 4.79 Å². The highest BCUT2D eigenvalue weighted by atomic mass is 16.4. The second kappa shape index (κ2) is 4.80. The molecular formula is C14H18N2O2. The molecule has 0 bridgehead atoms. The summed E-state index contributed by atoms with van der Waals surface area (Å²) in [5, 5.41) is 8.81. The number of carboxylic acid groups (broad SMARTS) is 1. The second-order valence-corrected chi connectivity index (χ2v) is 4.60. The number of aryl methyl sites for hydroxylation is 4. The van der Waals surface area contributed by atoms with Crippen molar-refractivity contribution < 1.29 is 9.90 Å². The van der Waals surface area contributed by atoms with Gasteiger partial charge in [0.05, 0.1) is 17.5 Å². The van der Waals surface area contributed by atoms with Crippen molar-refractivity contribution in [3.05, 3.63) is 29.1 Å². The molecule has 0 unspecified atom stereocenters. The van der Waals surface area contributed by atoms with Gasteiger partial charge in [-0.2, -0.15) is 0 Å². The summed E-state index contributed by atoms with van der Waals surface area (Å²) in [6.07, 6.45) is 0.942. The minimum atomic E-state index is -0.775. The Hall–Kier alpha value is -1.84. The van der Waals surface area contributed by atoms with Gasteiger partial charge in [0.15, 0.2) is 0 Å². The second-order valence-electron chi connectivity index (χ2n) is 4.60. The summed E-state index contributed by atoms with van der Waals surface area (Å²) in [6.45, 7) is 6.65. The molecule has 0 spiro atoms. The van der Waals surface area contributed by atoms with Crippen molar-refractivity contribution >= 4 is 17.0 Å². The molecule has 2 rings (SSSR count). The minimum absolute atomic E-state index is 0.130. The first kappa shape index (κ1) is 12.6. The van der Waals surface area contributed by atoms with Crippen LogP contribution in [0, 0.1) is 13.8 Å². The van der Waals surface area contributed by atoms with Gasteiger partial charge in [0.2, 0.25) is 0 Å². The Kier molecular flexibility index (Phi) is 3.36. The molecule has 0 aliphatic carbocycles. The van der Waals surface area contributed by atoms with Crippen LogP contribution in [0.25, 0.3) is 11.0 Å². The van der Waals surface area contributed by atoms with Gasteiger partial charge in [-0.1, -0.05) is 6.92 Å². The maximum atomic E-state index is 10.7. The van der Waals surface area contributed by atoms with E-state index < -0.39 is 5.97 Å². The SMILES string of the molecule is CCc1nc2cc(C)c(C)cc2n1CCC(=O)O. The summed E-state index contributed by atoms with van der Waals surface area (Å²) in [5.74, 6) is 0.180. The van der Waals surface area contributed by atoms with Crippen LogP contribution in [0.4, 0.5) is 0 Å². The summed E-state index contributed by atoms with van der Waals surface area (Å²) in [7, 11) is 0. The molecule has 0 aliphatic rings. The lowest BCUT2D eigenvalue weighted by Gasteiger charge is -2.07. The van der Waals surface area contributed by atoms with E-state index in [2.05, 4.69) is 31.0 Å². The number of nitrogens with zero attached hydrogens (tertiary/aromatic N) is 2. The number of imidazole rings is 1. The third kappa shape index (κ3) is 2.23. The van der Waals surface area contributed by atoms with E-state index >= 15 is 0 Å². The van der Waals surface area contributed by atoms with E-state index in [4.69, 9.17) is 5.11 Å². The van der Waals surface area contributed by atoms with E-state index in [0.29, 0.717) is 6.54 Å². The van der Waals surface area contributed by atoms with Crippen LogP contribution >= 0.6 is 0 Å². The summed E-state index contributed by atoms with van der Waals surface area (Å²) >= 11 is 0. The average molecular weight is 246 g/mol. The van der Waals surface area contributed by atoms with Gasteiger partial charge in [-0.05, 0) is 37.1 Å². The fraction of sp³-hybridized carbons (Fsp3) is 0.429. The highest BCUT2D eigenvalue weighted by molar-refractivity contribution is 5.78. The Morgan fingerprint density at radius 1 is 1.33 bits per heavy atom. The van der Waals surface area contributed by atoms with E-state index in [9.17, 15) is 4.79 Å². The zero-order valence-corrected chi connectivity index (χ0v) is 11.0. The first-order valence-electron chi connectivity index (χ1n) is 6.21. The van der Waals surface area contributed by atoms with E-state index in [1.165, 1.54) is 11.1 Å². The molecule has 96 valence electrons. The van der Waals surface area contributed by atoms with Crippen LogP contribution in [0.2, 0.25) is 0 Å². The first-order valence-corrected chi connectivity index (χ1v) is 6.21. The molecule has 1 heterocycles. The maximum absolute atomic E-state index is 10.7. The quantitative estimate of drug-likeness (QED) is 0.902. The van der Waals surface area contributed by atoms with Crippen LogP contribution in [-0.4, -0.2) is 20.6 Å². The number of hydrogen-bond donors (Lipinski definition) is 1. The van der Waals surface area contributed by atoms with Crippen molar-refractivity contribution in [3.8, 4) is 0 Å². The molecule has 0 atom stereocenters. The number of rotatable bonds is 4. The first-order chi connectivity index (χ1) is 8.52. The third-order valence-electron chi connectivity index (χ3n) is 3.31. The highest BCUT2D eigenvalue weighted by Gasteiger charge is 2.11. The van der Waals surface area contributed by atoms with Gasteiger partial charge in [-0.25, -0.2) is 4.98 Å². The monoisotopic (exact) mass is 246 g/mol. The lowest BCUT2D eigenvalue weighted by Crippen LogP contribution is -2.07. The lowest BCUT2D eigenvalue weighted by atomic mass is 10.1. The van der Waals surface area contributed by atoms with E-state index in [1.54, 1.807) is 0 Å². The maximum Gasteiger partial charge on any atom is 0.305 e. The van der Waals surface area contributed by atoms with Crippen molar-refractivity contribution in [2.75, 3.05) is 0 Å². The lowest BCUT2D eigenvalue weighted by molar-refractivity contribution is -0.137. The normalized spacial score (nSPS) is 11.1. The van der Waals surface area contributed by atoms with Crippen LogP contribution in [0.15, 0.2) is 12.1 Å². The van der Waals surface area contributed by atoms with Gasteiger partial charge in [-0.15, -0.1) is 0 Å². The zero-order chi connectivity index (χ0) is 13.3. The van der Waals surface area contributed by atoms with Crippen molar-refractivity contribution in [2.45, 2.75) is 40.2 Å². The Morgan fingerprint density at radius 3 is 2.61 bits per heavy atom. The van der Waals surface area contributed by atoms with Crippen LogP contribution in [0.5, 0.6) is 0 Å². The van der Waals surface area contributed by atoms with Gasteiger partial charge in [0.25, 0.3) is 0 Å². The standard InChI is InChI=1S/C14H18N2O2/c1-4-13-15-11-7-9(2)10(3)8-12(11)16(13)6-5-14(17)18/h7-8H,4-6H2,1-3H3,(H,17,18). The Balaban J connectivity index is 2.53. The third-order valence-corrected chi connectivity index (χ3v) is 3.31. The van der Waals surface area contributed by atoms with Gasteiger partial charge in [0, 0.05) is 13.0 Å². The smallest absolute Gasteiger partial charge is 0.305 e. The van der Waals surface area contributed by atoms with E-state index in [0.717, 1.165) is 23.3 Å². The molecule has 0 radical (unpaired) electrons.